The van der Waals surface area contributed by atoms with E-state index in [1.165, 1.54) is 6.92 Å². The fourth-order valence-corrected chi connectivity index (χ4v) is 2.33. The van der Waals surface area contributed by atoms with Crippen LogP contribution in [-0.4, -0.2) is 26.7 Å². The maximum atomic E-state index is 12.1. The number of amides is 1. The van der Waals surface area contributed by atoms with E-state index in [4.69, 9.17) is 0 Å². The zero-order valence-electron chi connectivity index (χ0n) is 12.7. The molecule has 3 rings (SSSR count). The number of carbonyl (C=O) groups is 2. The van der Waals surface area contributed by atoms with Crippen molar-refractivity contribution in [3.05, 3.63) is 54.1 Å². The molecular weight excluding hydrogens is 292 g/mol. The maximum absolute atomic E-state index is 12.1. The summed E-state index contributed by atoms with van der Waals surface area (Å²) in [5.41, 5.74) is 2.90. The minimum absolute atomic E-state index is 0.0322. The van der Waals surface area contributed by atoms with E-state index >= 15 is 0 Å². The normalized spacial score (nSPS) is 10.7. The summed E-state index contributed by atoms with van der Waals surface area (Å²) in [4.78, 5) is 23.4. The molecule has 0 radical (unpaired) electrons. The summed E-state index contributed by atoms with van der Waals surface area (Å²) in [6, 6.07) is 14.5. The van der Waals surface area contributed by atoms with E-state index in [-0.39, 0.29) is 18.1 Å². The lowest BCUT2D eigenvalue weighted by atomic mass is 10.1. The SMILES string of the molecule is CC(=O)c1cccc(NC(=O)CCn2nnc3ccccc32)c1. The molecule has 0 aliphatic carbocycles. The maximum Gasteiger partial charge on any atom is 0.226 e. The summed E-state index contributed by atoms with van der Waals surface area (Å²) in [6.07, 6.45) is 0.275. The summed E-state index contributed by atoms with van der Waals surface area (Å²) in [5.74, 6) is -0.166. The molecule has 0 unspecified atom stereocenters. The molecule has 1 N–H and O–H groups in total. The number of aromatic nitrogens is 3. The van der Waals surface area contributed by atoms with E-state index in [1.807, 2.05) is 24.3 Å². The molecule has 0 saturated heterocycles. The molecule has 6 nitrogen and oxygen atoms in total. The molecule has 0 bridgehead atoms. The lowest BCUT2D eigenvalue weighted by Gasteiger charge is -2.06. The summed E-state index contributed by atoms with van der Waals surface area (Å²) < 4.78 is 1.71. The number of para-hydroxylation sites is 1. The molecule has 1 heterocycles. The van der Waals surface area contributed by atoms with Crippen LogP contribution < -0.4 is 5.32 Å². The van der Waals surface area contributed by atoms with Gasteiger partial charge in [-0.1, -0.05) is 29.5 Å². The summed E-state index contributed by atoms with van der Waals surface area (Å²) in [6.45, 7) is 1.94. The van der Waals surface area contributed by atoms with Gasteiger partial charge in [0.25, 0.3) is 0 Å². The zero-order chi connectivity index (χ0) is 16.2. The van der Waals surface area contributed by atoms with Crippen LogP contribution in [0.3, 0.4) is 0 Å². The topological polar surface area (TPSA) is 76.9 Å². The van der Waals surface area contributed by atoms with Crippen molar-refractivity contribution in [2.45, 2.75) is 19.9 Å². The van der Waals surface area contributed by atoms with Crippen LogP contribution in [0.4, 0.5) is 5.69 Å². The molecule has 0 aliphatic rings. The first-order valence-electron chi connectivity index (χ1n) is 7.32. The number of hydrogen-bond donors (Lipinski definition) is 1. The van der Waals surface area contributed by atoms with Gasteiger partial charge in [0.1, 0.15) is 5.52 Å². The second kappa shape index (κ2) is 6.39. The van der Waals surface area contributed by atoms with Crippen LogP contribution in [0.1, 0.15) is 23.7 Å². The van der Waals surface area contributed by atoms with Gasteiger partial charge in [0.2, 0.25) is 5.91 Å². The number of benzene rings is 2. The minimum atomic E-state index is -0.134. The van der Waals surface area contributed by atoms with Gasteiger partial charge in [0, 0.05) is 17.7 Å². The van der Waals surface area contributed by atoms with Crippen LogP contribution in [0.5, 0.6) is 0 Å². The third-order valence-electron chi connectivity index (χ3n) is 3.52. The summed E-state index contributed by atoms with van der Waals surface area (Å²) in [7, 11) is 0. The lowest BCUT2D eigenvalue weighted by Crippen LogP contribution is -2.15. The zero-order valence-corrected chi connectivity index (χ0v) is 12.7. The van der Waals surface area contributed by atoms with Crippen LogP contribution in [-0.2, 0) is 11.3 Å². The first kappa shape index (κ1) is 14.9. The Labute approximate surface area is 133 Å². The fourth-order valence-electron chi connectivity index (χ4n) is 2.33. The van der Waals surface area contributed by atoms with Gasteiger partial charge >= 0.3 is 0 Å². The van der Waals surface area contributed by atoms with Gasteiger partial charge in [0.05, 0.1) is 12.1 Å². The van der Waals surface area contributed by atoms with Gasteiger partial charge in [-0.05, 0) is 31.2 Å². The van der Waals surface area contributed by atoms with E-state index in [0.717, 1.165) is 11.0 Å². The number of Topliss-reactive ketones (excluding diaryl/α,β-unsaturated/α-hetero) is 1. The third kappa shape index (κ3) is 3.42. The molecule has 23 heavy (non-hydrogen) atoms. The van der Waals surface area contributed by atoms with Crippen molar-refractivity contribution in [3.63, 3.8) is 0 Å². The smallest absolute Gasteiger partial charge is 0.226 e. The summed E-state index contributed by atoms with van der Waals surface area (Å²) >= 11 is 0. The molecule has 1 aromatic heterocycles. The number of carbonyl (C=O) groups excluding carboxylic acids is 2. The Morgan fingerprint density at radius 1 is 1.13 bits per heavy atom. The van der Waals surface area contributed by atoms with Crippen LogP contribution >= 0.6 is 0 Å². The molecule has 0 aliphatic heterocycles. The summed E-state index contributed by atoms with van der Waals surface area (Å²) in [5, 5.41) is 10.9. The van der Waals surface area contributed by atoms with Crippen molar-refractivity contribution < 1.29 is 9.59 Å². The molecule has 6 heteroatoms. The molecule has 0 atom stereocenters. The number of aryl methyl sites for hydroxylation is 1. The van der Waals surface area contributed by atoms with Crippen molar-refractivity contribution >= 4 is 28.4 Å². The fraction of sp³-hybridized carbons (Fsp3) is 0.176. The van der Waals surface area contributed by atoms with Gasteiger partial charge < -0.3 is 5.32 Å². The Kier molecular flexibility index (Phi) is 4.14. The number of rotatable bonds is 5. The second-order valence-corrected chi connectivity index (χ2v) is 5.24. The lowest BCUT2D eigenvalue weighted by molar-refractivity contribution is -0.116. The van der Waals surface area contributed by atoms with Crippen molar-refractivity contribution in [2.75, 3.05) is 5.32 Å². The average molecular weight is 308 g/mol. The Morgan fingerprint density at radius 2 is 1.96 bits per heavy atom. The number of nitrogens with one attached hydrogen (secondary N) is 1. The Morgan fingerprint density at radius 3 is 2.78 bits per heavy atom. The van der Waals surface area contributed by atoms with E-state index in [1.54, 1.807) is 28.9 Å². The first-order valence-corrected chi connectivity index (χ1v) is 7.32. The highest BCUT2D eigenvalue weighted by molar-refractivity contribution is 5.97. The molecule has 116 valence electrons. The van der Waals surface area contributed by atoms with Crippen molar-refractivity contribution in [1.29, 1.82) is 0 Å². The van der Waals surface area contributed by atoms with Gasteiger partial charge in [0.15, 0.2) is 5.78 Å². The molecule has 1 amide bonds. The number of ketones is 1. The van der Waals surface area contributed by atoms with Crippen LogP contribution in [0, 0.1) is 0 Å². The van der Waals surface area contributed by atoms with E-state index in [0.29, 0.717) is 17.8 Å². The van der Waals surface area contributed by atoms with Gasteiger partial charge in [-0.3, -0.25) is 9.59 Å². The highest BCUT2D eigenvalue weighted by Crippen LogP contribution is 2.13. The third-order valence-corrected chi connectivity index (χ3v) is 3.52. The van der Waals surface area contributed by atoms with E-state index < -0.39 is 0 Å². The monoisotopic (exact) mass is 308 g/mol. The standard InChI is InChI=1S/C17H16N4O2/c1-12(22)13-5-4-6-14(11-13)18-17(23)9-10-21-16-8-3-2-7-15(16)19-20-21/h2-8,11H,9-10H2,1H3,(H,18,23). The predicted octanol–water partition coefficient (Wildman–Crippen LogP) is 2.66. The molecular formula is C17H16N4O2. The Hall–Kier alpha value is -3.02. The average Bonchev–Trinajstić information content (AvgIpc) is 2.96. The number of fused-ring (bicyclic) bond motifs is 1. The number of nitrogens with zero attached hydrogens (tertiary/aromatic N) is 3. The minimum Gasteiger partial charge on any atom is -0.326 e. The molecule has 0 saturated carbocycles. The largest absolute Gasteiger partial charge is 0.326 e. The van der Waals surface area contributed by atoms with Crippen LogP contribution in [0.2, 0.25) is 0 Å². The van der Waals surface area contributed by atoms with E-state index in [9.17, 15) is 9.59 Å². The molecule has 3 aromatic rings. The molecule has 0 fully saturated rings. The van der Waals surface area contributed by atoms with E-state index in [2.05, 4.69) is 15.6 Å². The molecule has 0 spiro atoms. The number of hydrogen-bond acceptors (Lipinski definition) is 4. The van der Waals surface area contributed by atoms with Crippen LogP contribution in [0.15, 0.2) is 48.5 Å². The van der Waals surface area contributed by atoms with Crippen molar-refractivity contribution in [3.8, 4) is 0 Å². The predicted molar refractivity (Wildman–Crippen MR) is 87.2 cm³/mol. The first-order chi connectivity index (χ1) is 11.1. The highest BCUT2D eigenvalue weighted by Gasteiger charge is 2.08. The van der Waals surface area contributed by atoms with Crippen LogP contribution in [0.25, 0.3) is 11.0 Å². The van der Waals surface area contributed by atoms with Gasteiger partial charge in [-0.2, -0.15) is 0 Å². The number of anilines is 1. The van der Waals surface area contributed by atoms with Crippen molar-refractivity contribution in [2.24, 2.45) is 0 Å². The highest BCUT2D eigenvalue weighted by atomic mass is 16.1. The second-order valence-electron chi connectivity index (χ2n) is 5.24. The Balaban J connectivity index is 1.64. The molecule has 2 aromatic carbocycles. The van der Waals surface area contributed by atoms with Crippen molar-refractivity contribution in [1.82, 2.24) is 15.0 Å². The Bertz CT molecular complexity index is 870. The van der Waals surface area contributed by atoms with Gasteiger partial charge in [-0.25, -0.2) is 4.68 Å². The van der Waals surface area contributed by atoms with Gasteiger partial charge in [-0.15, -0.1) is 5.10 Å². The quantitative estimate of drug-likeness (QED) is 0.735.